The summed E-state index contributed by atoms with van der Waals surface area (Å²) in [6, 6.07) is 0. The van der Waals surface area contributed by atoms with Crippen molar-refractivity contribution < 1.29 is 0 Å². The van der Waals surface area contributed by atoms with E-state index in [1.54, 1.807) is 10.9 Å². The van der Waals surface area contributed by atoms with Gasteiger partial charge in [-0.25, -0.2) is 4.98 Å². The first-order chi connectivity index (χ1) is 7.66. The van der Waals surface area contributed by atoms with Crippen LogP contribution in [-0.2, 0) is 13.6 Å². The van der Waals surface area contributed by atoms with Crippen molar-refractivity contribution in [1.82, 2.24) is 19.7 Å². The van der Waals surface area contributed by atoms with Crippen LogP contribution in [0, 0.1) is 0 Å². The van der Waals surface area contributed by atoms with Crippen LogP contribution in [0.4, 0.5) is 5.82 Å². The minimum atomic E-state index is -0.356. The van der Waals surface area contributed by atoms with Gasteiger partial charge in [0.05, 0.1) is 12.5 Å². The number of aromatic amines is 1. The molecule has 2 heterocycles. The third-order valence-electron chi connectivity index (χ3n) is 2.01. The van der Waals surface area contributed by atoms with Crippen molar-refractivity contribution in [2.24, 2.45) is 7.05 Å². The van der Waals surface area contributed by atoms with Crippen molar-refractivity contribution in [2.75, 3.05) is 5.32 Å². The lowest BCUT2D eigenvalue weighted by atomic mass is 10.3. The van der Waals surface area contributed by atoms with Crippen LogP contribution in [-0.4, -0.2) is 19.7 Å². The molecule has 0 aliphatic carbocycles. The predicted octanol–water partition coefficient (Wildman–Crippen LogP) is 0.769. The van der Waals surface area contributed by atoms with Gasteiger partial charge >= 0.3 is 0 Å². The van der Waals surface area contributed by atoms with E-state index in [4.69, 9.17) is 11.6 Å². The van der Waals surface area contributed by atoms with Crippen LogP contribution in [0.1, 0.15) is 5.56 Å². The Hall–Kier alpha value is -1.82. The Bertz CT molecular complexity index is 547. The minimum Gasteiger partial charge on any atom is -0.364 e. The molecule has 6 nitrogen and oxygen atoms in total. The number of hydrogen-bond acceptors (Lipinski definition) is 4. The number of anilines is 1. The largest absolute Gasteiger partial charge is 0.364 e. The fraction of sp³-hybridized carbons (Fsp3) is 0.222. The van der Waals surface area contributed by atoms with Crippen molar-refractivity contribution in [1.29, 1.82) is 0 Å². The molecule has 0 amide bonds. The molecule has 0 fully saturated rings. The quantitative estimate of drug-likeness (QED) is 0.830. The predicted molar refractivity (Wildman–Crippen MR) is 60.4 cm³/mol. The van der Waals surface area contributed by atoms with Gasteiger partial charge in [-0.1, -0.05) is 11.6 Å². The van der Waals surface area contributed by atoms with E-state index in [2.05, 4.69) is 20.4 Å². The summed E-state index contributed by atoms with van der Waals surface area (Å²) in [5.41, 5.74) is 0.631. The second-order valence-electron chi connectivity index (χ2n) is 3.27. The third kappa shape index (κ3) is 2.22. The maximum absolute atomic E-state index is 11.2. The van der Waals surface area contributed by atoms with E-state index in [-0.39, 0.29) is 10.6 Å². The monoisotopic (exact) mass is 239 g/mol. The molecule has 2 rings (SSSR count). The molecule has 2 aromatic rings. The Balaban J connectivity index is 2.10. The molecule has 0 atom stereocenters. The van der Waals surface area contributed by atoms with Gasteiger partial charge < -0.3 is 10.3 Å². The van der Waals surface area contributed by atoms with Gasteiger partial charge in [0.1, 0.15) is 5.02 Å². The number of nitrogens with one attached hydrogen (secondary N) is 2. The smallest absolute Gasteiger partial charge is 0.271 e. The topological polar surface area (TPSA) is 75.6 Å². The van der Waals surface area contributed by atoms with Crippen LogP contribution in [0.5, 0.6) is 0 Å². The van der Waals surface area contributed by atoms with E-state index in [0.717, 1.165) is 5.56 Å². The lowest BCUT2D eigenvalue weighted by molar-refractivity contribution is 0.767. The van der Waals surface area contributed by atoms with Crippen molar-refractivity contribution in [2.45, 2.75) is 6.54 Å². The third-order valence-corrected chi connectivity index (χ3v) is 2.37. The summed E-state index contributed by atoms with van der Waals surface area (Å²) in [6.45, 7) is 0.518. The molecule has 0 unspecified atom stereocenters. The number of H-pyrrole nitrogens is 1. The summed E-state index contributed by atoms with van der Waals surface area (Å²) in [6.07, 6.45) is 4.90. The van der Waals surface area contributed by atoms with Crippen molar-refractivity contribution in [3.8, 4) is 0 Å². The number of rotatable bonds is 3. The fourth-order valence-electron chi connectivity index (χ4n) is 1.26. The summed E-state index contributed by atoms with van der Waals surface area (Å²) in [5.74, 6) is 0.370. The summed E-state index contributed by atoms with van der Waals surface area (Å²) in [4.78, 5) is 17.5. The highest BCUT2D eigenvalue weighted by molar-refractivity contribution is 6.32. The summed E-state index contributed by atoms with van der Waals surface area (Å²) >= 11 is 5.78. The zero-order valence-corrected chi connectivity index (χ0v) is 9.32. The molecule has 2 aromatic heterocycles. The van der Waals surface area contributed by atoms with E-state index in [1.807, 2.05) is 13.2 Å². The average molecular weight is 240 g/mol. The van der Waals surface area contributed by atoms with Crippen LogP contribution < -0.4 is 10.9 Å². The highest BCUT2D eigenvalue weighted by Crippen LogP contribution is 2.13. The number of halogens is 1. The molecule has 0 aliphatic rings. The first kappa shape index (κ1) is 10.7. The highest BCUT2D eigenvalue weighted by Gasteiger charge is 2.05. The SMILES string of the molecule is Cn1cc(CNc2nc[nH]c(=O)c2Cl)cn1. The zero-order chi connectivity index (χ0) is 11.5. The van der Waals surface area contributed by atoms with Crippen LogP contribution in [0.2, 0.25) is 5.02 Å². The van der Waals surface area contributed by atoms with Gasteiger partial charge in [0.2, 0.25) is 0 Å². The highest BCUT2D eigenvalue weighted by atomic mass is 35.5. The number of aromatic nitrogens is 4. The van der Waals surface area contributed by atoms with Crippen LogP contribution in [0.15, 0.2) is 23.5 Å². The number of aryl methyl sites for hydroxylation is 1. The van der Waals surface area contributed by atoms with Gasteiger partial charge in [-0.15, -0.1) is 0 Å². The van der Waals surface area contributed by atoms with Crippen LogP contribution in [0.3, 0.4) is 0 Å². The minimum absolute atomic E-state index is 0.0615. The molecule has 0 spiro atoms. The molecule has 0 saturated heterocycles. The van der Waals surface area contributed by atoms with E-state index >= 15 is 0 Å². The Labute approximate surface area is 96.3 Å². The first-order valence-corrected chi connectivity index (χ1v) is 4.99. The van der Waals surface area contributed by atoms with Crippen molar-refractivity contribution >= 4 is 17.4 Å². The molecule has 2 N–H and O–H groups in total. The summed E-state index contributed by atoms with van der Waals surface area (Å²) in [5, 5.41) is 7.05. The van der Waals surface area contributed by atoms with E-state index in [9.17, 15) is 4.79 Å². The normalized spacial score (nSPS) is 10.4. The van der Waals surface area contributed by atoms with Gasteiger partial charge in [-0.3, -0.25) is 9.48 Å². The Morgan fingerprint density at radius 2 is 2.44 bits per heavy atom. The number of hydrogen-bond donors (Lipinski definition) is 2. The number of nitrogens with zero attached hydrogens (tertiary/aromatic N) is 3. The zero-order valence-electron chi connectivity index (χ0n) is 8.57. The molecule has 7 heteroatoms. The Morgan fingerprint density at radius 3 is 3.12 bits per heavy atom. The van der Waals surface area contributed by atoms with Gasteiger partial charge in [-0.05, 0) is 0 Å². The Kier molecular flexibility index (Phi) is 2.91. The van der Waals surface area contributed by atoms with E-state index < -0.39 is 0 Å². The molecular formula is C9H10ClN5O. The molecule has 0 bridgehead atoms. The summed E-state index contributed by atoms with van der Waals surface area (Å²) < 4.78 is 1.70. The van der Waals surface area contributed by atoms with Gasteiger partial charge in [0, 0.05) is 25.4 Å². The molecule has 0 aliphatic heterocycles. The molecule has 16 heavy (non-hydrogen) atoms. The van der Waals surface area contributed by atoms with Gasteiger partial charge in [0.15, 0.2) is 5.82 Å². The molecule has 84 valence electrons. The molecule has 0 radical (unpaired) electrons. The van der Waals surface area contributed by atoms with E-state index in [0.29, 0.717) is 12.4 Å². The van der Waals surface area contributed by atoms with Crippen LogP contribution in [0.25, 0.3) is 0 Å². The molecule has 0 aromatic carbocycles. The van der Waals surface area contributed by atoms with Gasteiger partial charge in [-0.2, -0.15) is 5.10 Å². The van der Waals surface area contributed by atoms with Crippen molar-refractivity contribution in [3.05, 3.63) is 39.7 Å². The molecule has 0 saturated carbocycles. The maximum atomic E-state index is 11.2. The molecular weight excluding hydrogens is 230 g/mol. The van der Waals surface area contributed by atoms with E-state index in [1.165, 1.54) is 6.33 Å². The lowest BCUT2D eigenvalue weighted by Crippen LogP contribution is -2.11. The average Bonchev–Trinajstić information content (AvgIpc) is 2.67. The second-order valence-corrected chi connectivity index (χ2v) is 3.65. The van der Waals surface area contributed by atoms with Crippen molar-refractivity contribution in [3.63, 3.8) is 0 Å². The van der Waals surface area contributed by atoms with Crippen LogP contribution >= 0.6 is 11.6 Å². The fourth-order valence-corrected chi connectivity index (χ4v) is 1.43. The first-order valence-electron chi connectivity index (χ1n) is 4.61. The Morgan fingerprint density at radius 1 is 1.62 bits per heavy atom. The van der Waals surface area contributed by atoms with Gasteiger partial charge in [0.25, 0.3) is 5.56 Å². The summed E-state index contributed by atoms with van der Waals surface area (Å²) in [7, 11) is 1.84. The maximum Gasteiger partial charge on any atom is 0.271 e. The standard InChI is InChI=1S/C9H10ClN5O/c1-15-4-6(3-14-15)2-11-8-7(10)9(16)13-5-12-8/h3-5H,2H2,1H3,(H2,11,12,13,16). The lowest BCUT2D eigenvalue weighted by Gasteiger charge is -2.03. The second kappa shape index (κ2) is 4.36.